The van der Waals surface area contributed by atoms with Crippen LogP contribution in [0.3, 0.4) is 0 Å². The zero-order chi connectivity index (χ0) is 15.6. The minimum atomic E-state index is -0.844. The van der Waals surface area contributed by atoms with Crippen molar-refractivity contribution in [1.29, 1.82) is 0 Å². The Morgan fingerprint density at radius 3 is 2.76 bits per heavy atom. The Bertz CT molecular complexity index is 691. The zero-order valence-electron chi connectivity index (χ0n) is 12.9. The van der Waals surface area contributed by atoms with E-state index >= 15 is 0 Å². The van der Waals surface area contributed by atoms with E-state index in [1.54, 1.807) is 6.26 Å². The summed E-state index contributed by atoms with van der Waals surface area (Å²) in [5, 5.41) is 4.08. The van der Waals surface area contributed by atoms with Crippen LogP contribution in [0.4, 0.5) is 0 Å². The first kappa shape index (κ1) is 15.8. The first-order valence-electron chi connectivity index (χ1n) is 7.09. The highest BCUT2D eigenvalue weighted by atomic mass is 32.2. The smallest absolute Gasteiger partial charge is 0.251 e. The predicted octanol–water partition coefficient (Wildman–Crippen LogP) is 2.67. The number of fused-ring (bicyclic) bond motifs is 1. The van der Waals surface area contributed by atoms with Crippen LogP contribution in [0.5, 0.6) is 0 Å². The highest BCUT2D eigenvalue weighted by molar-refractivity contribution is 7.84. The van der Waals surface area contributed by atoms with Crippen LogP contribution in [0.2, 0.25) is 0 Å². The van der Waals surface area contributed by atoms with Crippen LogP contribution >= 0.6 is 0 Å². The van der Waals surface area contributed by atoms with Gasteiger partial charge in [-0.1, -0.05) is 6.92 Å². The van der Waals surface area contributed by atoms with Crippen LogP contribution in [-0.2, 0) is 10.8 Å². The fraction of sp³-hybridized carbons (Fsp3) is 0.438. The molecule has 1 amide bonds. The molecule has 0 aliphatic heterocycles. The number of carbonyl (C=O) groups is 1. The van der Waals surface area contributed by atoms with E-state index in [0.717, 1.165) is 23.0 Å². The van der Waals surface area contributed by atoms with Gasteiger partial charge in [-0.05, 0) is 44.0 Å². The van der Waals surface area contributed by atoms with Crippen LogP contribution in [-0.4, -0.2) is 33.2 Å². The molecular weight excluding hydrogens is 284 g/mol. The van der Waals surface area contributed by atoms with E-state index in [2.05, 4.69) is 10.3 Å². The van der Waals surface area contributed by atoms with Gasteiger partial charge in [0.25, 0.3) is 5.91 Å². The van der Waals surface area contributed by atoms with Crippen LogP contribution in [0.25, 0.3) is 10.9 Å². The van der Waals surface area contributed by atoms with Gasteiger partial charge in [-0.3, -0.25) is 9.00 Å². The average Bonchev–Trinajstić information content (AvgIpc) is 2.73. The maximum Gasteiger partial charge on any atom is 0.251 e. The van der Waals surface area contributed by atoms with Crippen LogP contribution in [0.15, 0.2) is 18.2 Å². The summed E-state index contributed by atoms with van der Waals surface area (Å²) in [6, 6.07) is 5.69. The topological polar surface area (TPSA) is 62.0 Å². The quantitative estimate of drug-likeness (QED) is 0.892. The number of aryl methyl sites for hydroxylation is 2. The summed E-state index contributed by atoms with van der Waals surface area (Å²) in [5.74, 6) is -0.0794. The molecule has 1 heterocycles. The number of amides is 1. The highest BCUT2D eigenvalue weighted by Crippen LogP contribution is 2.22. The van der Waals surface area contributed by atoms with Crippen molar-refractivity contribution in [2.45, 2.75) is 32.4 Å². The number of benzene rings is 1. The molecule has 0 saturated heterocycles. The molecule has 0 saturated carbocycles. The second kappa shape index (κ2) is 6.43. The maximum atomic E-state index is 12.2. The van der Waals surface area contributed by atoms with Gasteiger partial charge < -0.3 is 10.3 Å². The molecule has 2 rings (SSSR count). The molecule has 1 aromatic carbocycles. The molecule has 4 nitrogen and oxygen atoms in total. The molecule has 1 aromatic heterocycles. The molecule has 5 heteroatoms. The Morgan fingerprint density at radius 2 is 2.10 bits per heavy atom. The van der Waals surface area contributed by atoms with Crippen molar-refractivity contribution >= 4 is 27.6 Å². The van der Waals surface area contributed by atoms with E-state index < -0.39 is 10.8 Å². The molecular formula is C16H22N2O2S. The standard InChI is InChI=1S/C16H22N2O2S/c1-10(21(4)20)7-8-17-16(19)13-5-6-15-14(9-13)11(2)12(3)18-15/h5-6,9-10,18H,7-8H2,1-4H3,(H,17,19). The molecule has 0 spiro atoms. The lowest BCUT2D eigenvalue weighted by Gasteiger charge is -2.09. The fourth-order valence-corrected chi connectivity index (χ4v) is 2.71. The number of hydrogen-bond donors (Lipinski definition) is 2. The second-order valence-electron chi connectivity index (χ2n) is 5.49. The van der Waals surface area contributed by atoms with Crippen molar-refractivity contribution in [2.75, 3.05) is 12.8 Å². The third kappa shape index (κ3) is 3.53. The summed E-state index contributed by atoms with van der Waals surface area (Å²) in [5.41, 5.74) is 4.02. The van der Waals surface area contributed by atoms with Crippen molar-refractivity contribution in [3.8, 4) is 0 Å². The number of nitrogens with one attached hydrogen (secondary N) is 2. The molecule has 2 atom stereocenters. The normalized spacial score (nSPS) is 14.1. The molecule has 2 N–H and O–H groups in total. The lowest BCUT2D eigenvalue weighted by atomic mass is 10.1. The number of hydrogen-bond acceptors (Lipinski definition) is 2. The minimum absolute atomic E-state index is 0.0794. The minimum Gasteiger partial charge on any atom is -0.358 e. The molecule has 0 fully saturated rings. The van der Waals surface area contributed by atoms with Gasteiger partial charge >= 0.3 is 0 Å². The predicted molar refractivity (Wildman–Crippen MR) is 88.3 cm³/mol. The van der Waals surface area contributed by atoms with Crippen molar-refractivity contribution in [2.24, 2.45) is 0 Å². The molecule has 0 bridgehead atoms. The van der Waals surface area contributed by atoms with Crippen LogP contribution in [0, 0.1) is 13.8 Å². The van der Waals surface area contributed by atoms with Gasteiger partial charge in [0.05, 0.1) is 0 Å². The SMILES string of the molecule is Cc1[nH]c2ccc(C(=O)NCCC(C)S(C)=O)cc2c1C. The van der Waals surface area contributed by atoms with Gasteiger partial charge in [-0.15, -0.1) is 0 Å². The van der Waals surface area contributed by atoms with Gasteiger partial charge in [-0.25, -0.2) is 0 Å². The molecule has 0 aliphatic carbocycles. The third-order valence-corrected chi connectivity index (χ3v) is 5.34. The van der Waals surface area contributed by atoms with E-state index in [1.165, 1.54) is 5.56 Å². The number of rotatable bonds is 5. The molecule has 0 radical (unpaired) electrons. The van der Waals surface area contributed by atoms with E-state index in [4.69, 9.17) is 0 Å². The Kier molecular flexibility index (Phi) is 4.83. The number of carbonyl (C=O) groups excluding carboxylic acids is 1. The molecule has 0 aliphatic rings. The summed E-state index contributed by atoms with van der Waals surface area (Å²) in [6.45, 7) is 6.55. The number of aromatic nitrogens is 1. The monoisotopic (exact) mass is 306 g/mol. The summed E-state index contributed by atoms with van der Waals surface area (Å²) in [6.07, 6.45) is 2.41. The second-order valence-corrected chi connectivity index (χ2v) is 7.29. The molecule has 21 heavy (non-hydrogen) atoms. The van der Waals surface area contributed by atoms with Gasteiger partial charge in [0, 0.05) is 51.0 Å². The van der Waals surface area contributed by atoms with Crippen LogP contribution in [0.1, 0.15) is 35.0 Å². The Morgan fingerprint density at radius 1 is 1.38 bits per heavy atom. The van der Waals surface area contributed by atoms with Gasteiger partial charge in [-0.2, -0.15) is 0 Å². The third-order valence-electron chi connectivity index (χ3n) is 3.97. The molecule has 2 unspecified atom stereocenters. The van der Waals surface area contributed by atoms with Crippen LogP contribution < -0.4 is 5.32 Å². The maximum absolute atomic E-state index is 12.2. The van der Waals surface area contributed by atoms with Gasteiger partial charge in [0.2, 0.25) is 0 Å². The summed E-state index contributed by atoms with van der Waals surface area (Å²) < 4.78 is 11.3. The van der Waals surface area contributed by atoms with Crippen molar-refractivity contribution in [3.05, 3.63) is 35.0 Å². The highest BCUT2D eigenvalue weighted by Gasteiger charge is 2.11. The summed E-state index contributed by atoms with van der Waals surface area (Å²) in [7, 11) is -0.844. The van der Waals surface area contributed by atoms with Gasteiger partial charge in [0.1, 0.15) is 0 Å². The zero-order valence-corrected chi connectivity index (χ0v) is 13.8. The first-order chi connectivity index (χ1) is 9.90. The molecule has 2 aromatic rings. The van der Waals surface area contributed by atoms with Crippen molar-refractivity contribution in [3.63, 3.8) is 0 Å². The largest absolute Gasteiger partial charge is 0.358 e. The van der Waals surface area contributed by atoms with E-state index in [9.17, 15) is 9.00 Å². The van der Waals surface area contributed by atoms with Crippen molar-refractivity contribution < 1.29 is 9.00 Å². The van der Waals surface area contributed by atoms with E-state index in [0.29, 0.717) is 12.1 Å². The van der Waals surface area contributed by atoms with Crippen molar-refractivity contribution in [1.82, 2.24) is 10.3 Å². The Hall–Kier alpha value is -1.62. The van der Waals surface area contributed by atoms with E-state index in [-0.39, 0.29) is 11.2 Å². The number of H-pyrrole nitrogens is 1. The molecule has 114 valence electrons. The fourth-order valence-electron chi connectivity index (χ4n) is 2.26. The average molecular weight is 306 g/mol. The summed E-state index contributed by atoms with van der Waals surface area (Å²) in [4.78, 5) is 15.5. The first-order valence-corrected chi connectivity index (χ1v) is 8.71. The summed E-state index contributed by atoms with van der Waals surface area (Å²) >= 11 is 0. The Labute approximate surface area is 127 Å². The lowest BCUT2D eigenvalue weighted by molar-refractivity contribution is 0.0953. The lowest BCUT2D eigenvalue weighted by Crippen LogP contribution is -2.27. The van der Waals surface area contributed by atoms with E-state index in [1.807, 2.05) is 39.0 Å². The van der Waals surface area contributed by atoms with Gasteiger partial charge in [0.15, 0.2) is 0 Å². The Balaban J connectivity index is 2.06. The number of aromatic amines is 1.